The molecule has 1 atom stereocenters. The molecule has 24 heavy (non-hydrogen) atoms. The average Bonchev–Trinajstić information content (AvgIpc) is 2.87. The highest BCUT2D eigenvalue weighted by atomic mass is 32.1. The van der Waals surface area contributed by atoms with E-state index >= 15 is 0 Å². The molecule has 1 aromatic carbocycles. The van der Waals surface area contributed by atoms with Crippen molar-refractivity contribution in [1.29, 1.82) is 0 Å². The first-order chi connectivity index (χ1) is 11.2. The largest absolute Gasteiger partial charge is 0.322 e. The van der Waals surface area contributed by atoms with Crippen LogP contribution in [0.4, 0.5) is 10.1 Å². The van der Waals surface area contributed by atoms with Gasteiger partial charge in [-0.3, -0.25) is 19.7 Å². The van der Waals surface area contributed by atoms with Crippen LogP contribution in [0, 0.1) is 5.82 Å². The molecule has 1 aromatic rings. The van der Waals surface area contributed by atoms with Crippen LogP contribution in [0.1, 0.15) is 20.3 Å². The Labute approximate surface area is 142 Å². The van der Waals surface area contributed by atoms with Crippen molar-refractivity contribution in [1.82, 2.24) is 15.3 Å². The lowest BCUT2D eigenvalue weighted by molar-refractivity contribution is -0.154. The molecule has 2 aliphatic rings. The zero-order valence-electron chi connectivity index (χ0n) is 13.0. The van der Waals surface area contributed by atoms with Crippen molar-refractivity contribution in [3.05, 3.63) is 30.1 Å². The van der Waals surface area contributed by atoms with Crippen LogP contribution < -0.4 is 10.6 Å². The molecule has 0 saturated carbocycles. The monoisotopic (exact) mass is 350 g/mol. The van der Waals surface area contributed by atoms with Crippen LogP contribution in [-0.4, -0.2) is 44.4 Å². The Morgan fingerprint density at radius 2 is 2.04 bits per heavy atom. The highest BCUT2D eigenvalue weighted by Crippen LogP contribution is 2.33. The maximum absolute atomic E-state index is 13.7. The Morgan fingerprint density at radius 1 is 1.38 bits per heavy atom. The number of rotatable bonds is 2. The van der Waals surface area contributed by atoms with E-state index in [4.69, 9.17) is 12.2 Å². The Hall–Kier alpha value is -2.39. The third-order valence-electron chi connectivity index (χ3n) is 4.09. The number of fused-ring (bicyclic) bond motifs is 1. The molecule has 3 rings (SSSR count). The summed E-state index contributed by atoms with van der Waals surface area (Å²) in [6, 6.07) is 4.76. The first-order valence-corrected chi connectivity index (χ1v) is 7.67. The summed E-state index contributed by atoms with van der Waals surface area (Å²) in [7, 11) is 0. The maximum atomic E-state index is 13.7. The fourth-order valence-corrected chi connectivity index (χ4v) is 3.12. The van der Waals surface area contributed by atoms with Gasteiger partial charge in [-0.1, -0.05) is 12.1 Å². The lowest BCUT2D eigenvalue weighted by Crippen LogP contribution is -2.71. The number of carbonyl (C=O) groups excluding carboxylic acids is 3. The van der Waals surface area contributed by atoms with E-state index in [0.717, 1.165) is 5.01 Å². The van der Waals surface area contributed by atoms with Gasteiger partial charge in [0.2, 0.25) is 17.7 Å². The highest BCUT2D eigenvalue weighted by Gasteiger charge is 2.56. The quantitative estimate of drug-likeness (QED) is 0.770. The molecule has 0 radical (unpaired) electrons. The first-order valence-electron chi connectivity index (χ1n) is 7.26. The van der Waals surface area contributed by atoms with Crippen LogP contribution in [0.3, 0.4) is 0 Å². The van der Waals surface area contributed by atoms with Crippen LogP contribution in [-0.2, 0) is 14.4 Å². The van der Waals surface area contributed by atoms with Gasteiger partial charge in [0.05, 0.1) is 12.1 Å². The zero-order chi connectivity index (χ0) is 17.6. The standard InChI is InChI=1S/C15H15FN4O3S/c1-15(2)13(23)18-14(24)19-11(21)7-10(20(15)19)12(22)17-9-6-4-3-5-8(9)16/h3-6,10H,7H2,1-2H3,(H,17,22)(H,18,23,24). The van der Waals surface area contributed by atoms with Gasteiger partial charge in [-0.15, -0.1) is 0 Å². The molecule has 2 saturated heterocycles. The average molecular weight is 350 g/mol. The van der Waals surface area contributed by atoms with Crippen molar-refractivity contribution in [3.63, 3.8) is 0 Å². The first kappa shape index (κ1) is 16.5. The number of para-hydroxylation sites is 1. The normalized spacial score (nSPS) is 23.0. The Balaban J connectivity index is 1.92. The number of carbonyl (C=O) groups is 3. The zero-order valence-corrected chi connectivity index (χ0v) is 13.8. The second kappa shape index (κ2) is 5.60. The van der Waals surface area contributed by atoms with Crippen molar-refractivity contribution in [2.45, 2.75) is 31.8 Å². The van der Waals surface area contributed by atoms with E-state index in [1.54, 1.807) is 19.9 Å². The third kappa shape index (κ3) is 2.45. The van der Waals surface area contributed by atoms with Crippen molar-refractivity contribution in [2.75, 3.05) is 5.32 Å². The van der Waals surface area contributed by atoms with E-state index in [9.17, 15) is 18.8 Å². The summed E-state index contributed by atoms with van der Waals surface area (Å²) < 4.78 is 13.7. The number of amides is 3. The van der Waals surface area contributed by atoms with Gasteiger partial charge < -0.3 is 5.32 Å². The number of nitrogens with one attached hydrogen (secondary N) is 2. The molecule has 0 aromatic heterocycles. The van der Waals surface area contributed by atoms with Gasteiger partial charge in [-0.2, -0.15) is 5.01 Å². The van der Waals surface area contributed by atoms with Crippen molar-refractivity contribution in [2.24, 2.45) is 0 Å². The molecule has 2 heterocycles. The number of benzene rings is 1. The Morgan fingerprint density at radius 3 is 2.71 bits per heavy atom. The number of hydrogen-bond acceptors (Lipinski definition) is 5. The predicted molar refractivity (Wildman–Crippen MR) is 86.9 cm³/mol. The van der Waals surface area contributed by atoms with Crippen molar-refractivity contribution < 1.29 is 18.8 Å². The van der Waals surface area contributed by atoms with Gasteiger partial charge in [0, 0.05) is 0 Å². The number of thiocarbonyl (C=S) groups is 1. The van der Waals surface area contributed by atoms with Gasteiger partial charge in [-0.05, 0) is 38.2 Å². The highest BCUT2D eigenvalue weighted by molar-refractivity contribution is 7.80. The molecule has 3 amide bonds. The summed E-state index contributed by atoms with van der Waals surface area (Å²) in [4.78, 5) is 37.0. The summed E-state index contributed by atoms with van der Waals surface area (Å²) in [5, 5.41) is 7.33. The molecule has 0 aliphatic carbocycles. The number of hydrogen-bond donors (Lipinski definition) is 2. The lowest BCUT2D eigenvalue weighted by Gasteiger charge is -2.45. The SMILES string of the molecule is CC1(C)C(=O)NC(=S)N2C(=O)CC(C(=O)Nc3ccccc3F)N21. The van der Waals surface area contributed by atoms with Gasteiger partial charge in [-0.25, -0.2) is 9.40 Å². The predicted octanol–water partition coefficient (Wildman–Crippen LogP) is 0.775. The van der Waals surface area contributed by atoms with E-state index in [0.29, 0.717) is 0 Å². The van der Waals surface area contributed by atoms with Crippen LogP contribution in [0.2, 0.25) is 0 Å². The molecule has 126 valence electrons. The molecule has 2 fully saturated rings. The van der Waals surface area contributed by atoms with E-state index in [-0.39, 0.29) is 17.2 Å². The molecule has 2 N–H and O–H groups in total. The van der Waals surface area contributed by atoms with Crippen LogP contribution in [0.25, 0.3) is 0 Å². The smallest absolute Gasteiger partial charge is 0.248 e. The lowest BCUT2D eigenvalue weighted by atomic mass is 10.00. The molecular formula is C15H15FN4O3S. The van der Waals surface area contributed by atoms with Gasteiger partial charge in [0.25, 0.3) is 0 Å². The molecule has 0 spiro atoms. The van der Waals surface area contributed by atoms with Crippen LogP contribution in [0.5, 0.6) is 0 Å². The number of anilines is 1. The summed E-state index contributed by atoms with van der Waals surface area (Å²) in [6.45, 7) is 3.16. The topological polar surface area (TPSA) is 81.8 Å². The van der Waals surface area contributed by atoms with Gasteiger partial charge >= 0.3 is 0 Å². The minimum absolute atomic E-state index is 0.00948. The minimum Gasteiger partial charge on any atom is -0.322 e. The van der Waals surface area contributed by atoms with E-state index in [1.165, 1.54) is 23.2 Å². The van der Waals surface area contributed by atoms with E-state index in [1.807, 2.05) is 0 Å². The Kier molecular flexibility index (Phi) is 3.84. The van der Waals surface area contributed by atoms with Gasteiger partial charge in [0.15, 0.2) is 5.11 Å². The molecule has 7 nitrogen and oxygen atoms in total. The minimum atomic E-state index is -1.16. The summed E-state index contributed by atoms with van der Waals surface area (Å²) in [5.41, 5.74) is -1.15. The number of hydrazine groups is 1. The van der Waals surface area contributed by atoms with Crippen LogP contribution >= 0.6 is 12.2 Å². The molecule has 2 aliphatic heterocycles. The summed E-state index contributed by atoms with van der Waals surface area (Å²) >= 11 is 5.03. The maximum Gasteiger partial charge on any atom is 0.248 e. The summed E-state index contributed by atoms with van der Waals surface area (Å²) in [6.07, 6.45) is -0.154. The Bertz CT molecular complexity index is 767. The third-order valence-corrected chi connectivity index (χ3v) is 4.37. The van der Waals surface area contributed by atoms with Crippen molar-refractivity contribution in [3.8, 4) is 0 Å². The number of nitrogens with zero attached hydrogens (tertiary/aromatic N) is 2. The number of halogens is 1. The fourth-order valence-electron chi connectivity index (χ4n) is 2.84. The molecule has 0 bridgehead atoms. The van der Waals surface area contributed by atoms with E-state index in [2.05, 4.69) is 10.6 Å². The molecular weight excluding hydrogens is 335 g/mol. The van der Waals surface area contributed by atoms with E-state index < -0.39 is 35.1 Å². The molecule has 9 heteroatoms. The van der Waals surface area contributed by atoms with Crippen LogP contribution in [0.15, 0.2) is 24.3 Å². The second-order valence-electron chi connectivity index (χ2n) is 6.06. The molecule has 1 unspecified atom stereocenters. The summed E-state index contributed by atoms with van der Waals surface area (Å²) in [5.74, 6) is -1.98. The fraction of sp³-hybridized carbons (Fsp3) is 0.333. The second-order valence-corrected chi connectivity index (χ2v) is 6.44. The van der Waals surface area contributed by atoms with Gasteiger partial charge in [0.1, 0.15) is 17.4 Å². The van der Waals surface area contributed by atoms with Crippen molar-refractivity contribution >= 4 is 40.7 Å².